The van der Waals surface area contributed by atoms with Crippen LogP contribution in [0.4, 0.5) is 4.39 Å². The van der Waals surface area contributed by atoms with Gasteiger partial charge in [-0.25, -0.2) is 9.07 Å². The normalized spacial score (nSPS) is 18.3. The number of carbonyl (C=O) groups is 1. The second kappa shape index (κ2) is 8.05. The molecule has 0 radical (unpaired) electrons. The van der Waals surface area contributed by atoms with Gasteiger partial charge in [0.15, 0.2) is 11.4 Å². The molecule has 1 aromatic heterocycles. The molecule has 2 atom stereocenters. The minimum Gasteiger partial charge on any atom is -0.504 e. The van der Waals surface area contributed by atoms with Gasteiger partial charge in [0.1, 0.15) is 5.82 Å². The predicted octanol–water partition coefficient (Wildman–Crippen LogP) is 2.65. The van der Waals surface area contributed by atoms with Crippen molar-refractivity contribution in [2.45, 2.75) is 32.7 Å². The molecule has 142 valence electrons. The van der Waals surface area contributed by atoms with Crippen molar-refractivity contribution in [1.29, 1.82) is 0 Å². The summed E-state index contributed by atoms with van der Waals surface area (Å²) in [6, 6.07) is 4.29. The molecule has 6 nitrogen and oxygen atoms in total. The molecule has 0 aliphatic carbocycles. The molecule has 1 aliphatic heterocycles. The zero-order chi connectivity index (χ0) is 18.1. The molecule has 0 saturated carbocycles. The lowest BCUT2D eigenvalue weighted by molar-refractivity contribution is 0.0651. The van der Waals surface area contributed by atoms with Crippen LogP contribution in [0.15, 0.2) is 24.4 Å². The quantitative estimate of drug-likeness (QED) is 0.854. The lowest BCUT2D eigenvalue weighted by Crippen LogP contribution is -2.45. The van der Waals surface area contributed by atoms with Crippen LogP contribution in [0.2, 0.25) is 0 Å². The fraction of sp³-hybridized carbons (Fsp3) is 0.444. The average Bonchev–Trinajstić information content (AvgIpc) is 2.95. The zero-order valence-electron chi connectivity index (χ0n) is 14.9. The van der Waals surface area contributed by atoms with E-state index in [4.69, 9.17) is 5.73 Å². The van der Waals surface area contributed by atoms with Crippen molar-refractivity contribution in [2.75, 3.05) is 13.1 Å². The van der Waals surface area contributed by atoms with Gasteiger partial charge in [0.25, 0.3) is 5.91 Å². The highest BCUT2D eigenvalue weighted by Crippen LogP contribution is 2.25. The molecule has 3 N–H and O–H groups in total. The van der Waals surface area contributed by atoms with Crippen molar-refractivity contribution < 1.29 is 14.3 Å². The number of piperidine rings is 1. The van der Waals surface area contributed by atoms with Crippen molar-refractivity contribution in [3.63, 3.8) is 0 Å². The largest absolute Gasteiger partial charge is 0.504 e. The van der Waals surface area contributed by atoms with Crippen molar-refractivity contribution in [3.8, 4) is 11.4 Å². The van der Waals surface area contributed by atoms with Crippen LogP contribution in [-0.4, -0.2) is 44.8 Å². The number of hydrogen-bond donors (Lipinski definition) is 2. The molecule has 26 heavy (non-hydrogen) atoms. The van der Waals surface area contributed by atoms with Gasteiger partial charge in [-0.2, -0.15) is 5.10 Å². The Hall–Kier alpha value is -2.12. The summed E-state index contributed by atoms with van der Waals surface area (Å²) in [6.45, 7) is 4.89. The maximum absolute atomic E-state index is 13.3. The summed E-state index contributed by atoms with van der Waals surface area (Å²) in [5, 5.41) is 14.4. The Balaban J connectivity index is 0.00000243. The van der Waals surface area contributed by atoms with E-state index < -0.39 is 0 Å². The average molecular weight is 383 g/mol. The van der Waals surface area contributed by atoms with Gasteiger partial charge < -0.3 is 15.7 Å². The fourth-order valence-electron chi connectivity index (χ4n) is 3.29. The standard InChI is InChI=1S/C18H23FN4O2.ClH/c1-11-8-14(19)5-6-15(11)23-10-16(24)17(21-23)18(25)22-7-3-4-13(9-22)12(2)20;/h5-6,8,10,12-13,24H,3-4,7,9,20H2,1-2H3;1H. The van der Waals surface area contributed by atoms with E-state index >= 15 is 0 Å². The summed E-state index contributed by atoms with van der Waals surface area (Å²) in [6.07, 6.45) is 3.26. The van der Waals surface area contributed by atoms with Gasteiger partial charge in [-0.1, -0.05) is 0 Å². The van der Waals surface area contributed by atoms with Crippen LogP contribution in [-0.2, 0) is 0 Å². The van der Waals surface area contributed by atoms with Crippen LogP contribution in [0.25, 0.3) is 5.69 Å². The number of benzene rings is 1. The lowest BCUT2D eigenvalue weighted by Gasteiger charge is -2.34. The molecular weight excluding hydrogens is 359 g/mol. The third-order valence-corrected chi connectivity index (χ3v) is 4.79. The van der Waals surface area contributed by atoms with E-state index in [0.717, 1.165) is 12.8 Å². The van der Waals surface area contributed by atoms with Gasteiger partial charge in [0.2, 0.25) is 0 Å². The third-order valence-electron chi connectivity index (χ3n) is 4.79. The van der Waals surface area contributed by atoms with Crippen LogP contribution in [0.5, 0.6) is 5.75 Å². The zero-order valence-corrected chi connectivity index (χ0v) is 15.7. The summed E-state index contributed by atoms with van der Waals surface area (Å²) in [4.78, 5) is 14.5. The summed E-state index contributed by atoms with van der Waals surface area (Å²) >= 11 is 0. The minimum absolute atomic E-state index is 0. The molecule has 3 rings (SSSR count). The van der Waals surface area contributed by atoms with Crippen molar-refractivity contribution in [3.05, 3.63) is 41.5 Å². The molecule has 1 fully saturated rings. The van der Waals surface area contributed by atoms with E-state index in [0.29, 0.717) is 24.3 Å². The van der Waals surface area contributed by atoms with E-state index in [-0.39, 0.29) is 47.5 Å². The fourth-order valence-corrected chi connectivity index (χ4v) is 3.29. The van der Waals surface area contributed by atoms with E-state index in [1.54, 1.807) is 17.9 Å². The van der Waals surface area contributed by atoms with Gasteiger partial charge in [-0.15, -0.1) is 12.4 Å². The topological polar surface area (TPSA) is 84.4 Å². The highest BCUT2D eigenvalue weighted by molar-refractivity contribution is 5.95. The van der Waals surface area contributed by atoms with Gasteiger partial charge in [-0.3, -0.25) is 4.79 Å². The maximum atomic E-state index is 13.3. The number of nitrogens with two attached hydrogens (primary N) is 1. The number of amides is 1. The third kappa shape index (κ3) is 3.99. The molecule has 0 spiro atoms. The number of carbonyl (C=O) groups excluding carboxylic acids is 1. The predicted molar refractivity (Wildman–Crippen MR) is 99.4 cm³/mol. The molecular formula is C18H24ClFN4O2. The van der Waals surface area contributed by atoms with E-state index in [1.807, 2.05) is 6.92 Å². The molecule has 1 aliphatic rings. The van der Waals surface area contributed by atoms with Crippen molar-refractivity contribution >= 4 is 18.3 Å². The number of likely N-dealkylation sites (tertiary alicyclic amines) is 1. The molecule has 2 heterocycles. The van der Waals surface area contributed by atoms with E-state index in [1.165, 1.54) is 23.0 Å². The van der Waals surface area contributed by atoms with Gasteiger partial charge in [0, 0.05) is 19.1 Å². The lowest BCUT2D eigenvalue weighted by atomic mass is 9.92. The SMILES string of the molecule is Cc1cc(F)ccc1-n1cc(O)c(C(=O)N2CCCC(C(C)N)C2)n1.Cl. The highest BCUT2D eigenvalue weighted by atomic mass is 35.5. The van der Waals surface area contributed by atoms with E-state index in [2.05, 4.69) is 5.10 Å². The van der Waals surface area contributed by atoms with Gasteiger partial charge >= 0.3 is 0 Å². The van der Waals surface area contributed by atoms with E-state index in [9.17, 15) is 14.3 Å². The molecule has 1 saturated heterocycles. The smallest absolute Gasteiger partial charge is 0.278 e. The summed E-state index contributed by atoms with van der Waals surface area (Å²) < 4.78 is 14.7. The number of aryl methyl sites for hydroxylation is 1. The Morgan fingerprint density at radius 2 is 2.19 bits per heavy atom. The molecule has 2 unspecified atom stereocenters. The maximum Gasteiger partial charge on any atom is 0.278 e. The number of rotatable bonds is 3. The number of halogens is 2. The second-order valence-corrected chi connectivity index (χ2v) is 6.75. The van der Waals surface area contributed by atoms with Gasteiger partial charge in [-0.05, 0) is 56.4 Å². The number of hydrogen-bond acceptors (Lipinski definition) is 4. The van der Waals surface area contributed by atoms with Crippen LogP contribution in [0.1, 0.15) is 35.8 Å². The first-order valence-corrected chi connectivity index (χ1v) is 8.47. The summed E-state index contributed by atoms with van der Waals surface area (Å²) in [5.41, 5.74) is 7.25. The number of aromatic nitrogens is 2. The summed E-state index contributed by atoms with van der Waals surface area (Å²) in [7, 11) is 0. The first kappa shape index (κ1) is 20.2. The number of aromatic hydroxyl groups is 1. The van der Waals surface area contributed by atoms with Crippen LogP contribution >= 0.6 is 12.4 Å². The molecule has 1 aromatic carbocycles. The molecule has 2 aromatic rings. The van der Waals surface area contributed by atoms with Crippen LogP contribution < -0.4 is 5.73 Å². The Bertz CT molecular complexity index is 793. The Labute approximate surface area is 158 Å². The Kier molecular flexibility index (Phi) is 6.26. The highest BCUT2D eigenvalue weighted by Gasteiger charge is 2.29. The first-order chi connectivity index (χ1) is 11.9. The number of nitrogens with zero attached hydrogens (tertiary/aromatic N) is 3. The van der Waals surface area contributed by atoms with Crippen LogP contribution in [0.3, 0.4) is 0 Å². The minimum atomic E-state index is -0.343. The van der Waals surface area contributed by atoms with Crippen molar-refractivity contribution in [2.24, 2.45) is 11.7 Å². The van der Waals surface area contributed by atoms with Crippen molar-refractivity contribution in [1.82, 2.24) is 14.7 Å². The molecule has 8 heteroatoms. The molecule has 0 bridgehead atoms. The Morgan fingerprint density at radius 3 is 2.85 bits per heavy atom. The molecule has 1 amide bonds. The monoisotopic (exact) mass is 382 g/mol. The first-order valence-electron chi connectivity index (χ1n) is 8.47. The van der Waals surface area contributed by atoms with Crippen LogP contribution in [0, 0.1) is 18.7 Å². The Morgan fingerprint density at radius 1 is 1.46 bits per heavy atom. The second-order valence-electron chi connectivity index (χ2n) is 6.75. The van der Waals surface area contributed by atoms with Gasteiger partial charge in [0.05, 0.1) is 11.9 Å². The summed E-state index contributed by atoms with van der Waals surface area (Å²) in [5.74, 6) is -0.580.